The van der Waals surface area contributed by atoms with Crippen LogP contribution < -0.4 is 0 Å². The second-order valence-electron chi connectivity index (χ2n) is 6.84. The van der Waals surface area contributed by atoms with Gasteiger partial charge in [-0.05, 0) is 11.8 Å². The zero-order chi connectivity index (χ0) is 14.3. The summed E-state index contributed by atoms with van der Waals surface area (Å²) in [6.45, 7) is 9.50. The summed E-state index contributed by atoms with van der Waals surface area (Å²) in [5.41, 5.74) is 0. The summed E-state index contributed by atoms with van der Waals surface area (Å²) in [5, 5.41) is 0. The molecule has 0 aliphatic rings. The van der Waals surface area contributed by atoms with Crippen molar-refractivity contribution in [1.82, 2.24) is 0 Å². The lowest BCUT2D eigenvalue weighted by Gasteiger charge is -2.14. The van der Waals surface area contributed by atoms with Crippen LogP contribution in [0.2, 0.25) is 0 Å². The Morgan fingerprint density at radius 2 is 0.895 bits per heavy atom. The van der Waals surface area contributed by atoms with Gasteiger partial charge in [-0.15, -0.1) is 0 Å². The summed E-state index contributed by atoms with van der Waals surface area (Å²) >= 11 is 0. The van der Waals surface area contributed by atoms with E-state index in [0.29, 0.717) is 0 Å². The molecule has 0 N–H and O–H groups in total. The van der Waals surface area contributed by atoms with Crippen molar-refractivity contribution in [3.05, 3.63) is 0 Å². The van der Waals surface area contributed by atoms with Gasteiger partial charge in [0, 0.05) is 0 Å². The van der Waals surface area contributed by atoms with Gasteiger partial charge in [0.2, 0.25) is 0 Å². The fourth-order valence-electron chi connectivity index (χ4n) is 2.93. The van der Waals surface area contributed by atoms with E-state index in [1.54, 1.807) is 0 Å². The quantitative estimate of drug-likeness (QED) is 0.288. The van der Waals surface area contributed by atoms with Gasteiger partial charge in [-0.1, -0.05) is 111 Å². The van der Waals surface area contributed by atoms with E-state index in [9.17, 15) is 0 Å². The maximum Gasteiger partial charge on any atom is -0.0443 e. The molecular formula is C19H40. The fraction of sp³-hybridized carbons (Fsp3) is 1.00. The summed E-state index contributed by atoms with van der Waals surface area (Å²) in [6.07, 6.45) is 18.7. The summed E-state index contributed by atoms with van der Waals surface area (Å²) in [4.78, 5) is 0. The molecule has 0 aliphatic carbocycles. The van der Waals surface area contributed by atoms with Crippen molar-refractivity contribution in [3.8, 4) is 0 Å². The molecule has 116 valence electrons. The van der Waals surface area contributed by atoms with Gasteiger partial charge in [0.05, 0.1) is 0 Å². The minimum absolute atomic E-state index is 0.959. The molecule has 0 rings (SSSR count). The first-order valence-corrected chi connectivity index (χ1v) is 9.20. The predicted octanol–water partition coefficient (Wildman–Crippen LogP) is 7.37. The van der Waals surface area contributed by atoms with Crippen molar-refractivity contribution in [2.24, 2.45) is 11.8 Å². The first-order chi connectivity index (χ1) is 9.20. The molecule has 0 aliphatic heterocycles. The molecule has 0 heteroatoms. The van der Waals surface area contributed by atoms with E-state index in [1.165, 1.54) is 83.5 Å². The van der Waals surface area contributed by atoms with Crippen LogP contribution >= 0.6 is 0 Å². The van der Waals surface area contributed by atoms with Gasteiger partial charge in [-0.25, -0.2) is 0 Å². The molecular weight excluding hydrogens is 228 g/mol. The number of hydrogen-bond acceptors (Lipinski definition) is 0. The molecule has 0 saturated heterocycles. The summed E-state index contributed by atoms with van der Waals surface area (Å²) in [7, 11) is 0. The molecule has 0 heterocycles. The van der Waals surface area contributed by atoms with Crippen LogP contribution in [-0.4, -0.2) is 0 Å². The molecule has 2 atom stereocenters. The SMILES string of the molecule is CCCCCCCC[C@@H](C)CCC[C@@H](C)CCCC. The van der Waals surface area contributed by atoms with E-state index < -0.39 is 0 Å². The minimum atomic E-state index is 0.959. The van der Waals surface area contributed by atoms with Gasteiger partial charge >= 0.3 is 0 Å². The lowest BCUT2D eigenvalue weighted by Crippen LogP contribution is -1.99. The normalized spacial score (nSPS) is 14.5. The Balaban J connectivity index is 3.27. The predicted molar refractivity (Wildman–Crippen MR) is 89.7 cm³/mol. The van der Waals surface area contributed by atoms with Crippen molar-refractivity contribution in [1.29, 1.82) is 0 Å². The Bertz CT molecular complexity index is 161. The zero-order valence-electron chi connectivity index (χ0n) is 14.3. The van der Waals surface area contributed by atoms with Crippen molar-refractivity contribution < 1.29 is 0 Å². The average Bonchev–Trinajstić information content (AvgIpc) is 2.40. The van der Waals surface area contributed by atoms with Crippen LogP contribution in [0, 0.1) is 11.8 Å². The summed E-state index contributed by atoms with van der Waals surface area (Å²) in [6, 6.07) is 0. The first-order valence-electron chi connectivity index (χ1n) is 9.20. The molecule has 0 aromatic heterocycles. The highest BCUT2D eigenvalue weighted by Gasteiger charge is 2.05. The van der Waals surface area contributed by atoms with Crippen molar-refractivity contribution in [2.45, 2.75) is 111 Å². The van der Waals surface area contributed by atoms with E-state index in [4.69, 9.17) is 0 Å². The molecule has 0 unspecified atom stereocenters. The van der Waals surface area contributed by atoms with E-state index in [0.717, 1.165) is 11.8 Å². The van der Waals surface area contributed by atoms with Gasteiger partial charge in [0.25, 0.3) is 0 Å². The maximum absolute atomic E-state index is 2.46. The maximum atomic E-state index is 2.46. The molecule has 0 bridgehead atoms. The van der Waals surface area contributed by atoms with Crippen molar-refractivity contribution in [2.75, 3.05) is 0 Å². The van der Waals surface area contributed by atoms with Crippen molar-refractivity contribution >= 4 is 0 Å². The van der Waals surface area contributed by atoms with Crippen LogP contribution in [0.4, 0.5) is 0 Å². The molecule has 19 heavy (non-hydrogen) atoms. The second kappa shape index (κ2) is 14.4. The molecule has 0 fully saturated rings. The molecule has 0 nitrogen and oxygen atoms in total. The summed E-state index contributed by atoms with van der Waals surface area (Å²) in [5.74, 6) is 1.92. The molecule has 0 saturated carbocycles. The van der Waals surface area contributed by atoms with Crippen LogP contribution in [0.15, 0.2) is 0 Å². The Labute approximate surface area is 123 Å². The van der Waals surface area contributed by atoms with E-state index in [-0.39, 0.29) is 0 Å². The van der Waals surface area contributed by atoms with Gasteiger partial charge < -0.3 is 0 Å². The second-order valence-corrected chi connectivity index (χ2v) is 6.84. The van der Waals surface area contributed by atoms with Crippen LogP contribution in [0.3, 0.4) is 0 Å². The Kier molecular flexibility index (Phi) is 14.4. The van der Waals surface area contributed by atoms with E-state index >= 15 is 0 Å². The van der Waals surface area contributed by atoms with Gasteiger partial charge in [0.1, 0.15) is 0 Å². The molecule has 0 amide bonds. The van der Waals surface area contributed by atoms with Gasteiger partial charge in [-0.2, -0.15) is 0 Å². The number of unbranched alkanes of at least 4 members (excludes halogenated alkanes) is 6. The third-order valence-corrected chi connectivity index (χ3v) is 4.49. The van der Waals surface area contributed by atoms with Crippen LogP contribution in [0.5, 0.6) is 0 Å². The topological polar surface area (TPSA) is 0 Å². The van der Waals surface area contributed by atoms with Crippen LogP contribution in [-0.2, 0) is 0 Å². The lowest BCUT2D eigenvalue weighted by molar-refractivity contribution is 0.394. The Morgan fingerprint density at radius 1 is 0.474 bits per heavy atom. The fourth-order valence-corrected chi connectivity index (χ4v) is 2.93. The molecule has 0 aromatic carbocycles. The molecule has 0 spiro atoms. The zero-order valence-corrected chi connectivity index (χ0v) is 14.3. The van der Waals surface area contributed by atoms with E-state index in [2.05, 4.69) is 27.7 Å². The minimum Gasteiger partial charge on any atom is -0.0654 e. The monoisotopic (exact) mass is 268 g/mol. The highest BCUT2D eigenvalue weighted by molar-refractivity contribution is 4.58. The third kappa shape index (κ3) is 14.2. The Hall–Kier alpha value is 0. The Morgan fingerprint density at radius 3 is 1.47 bits per heavy atom. The van der Waals surface area contributed by atoms with Gasteiger partial charge in [-0.3, -0.25) is 0 Å². The average molecular weight is 269 g/mol. The molecule has 0 aromatic rings. The standard InChI is InChI=1S/C19H40/c1-5-7-9-10-11-12-15-19(4)17-13-16-18(3)14-8-6-2/h18-19H,5-17H2,1-4H3/t18-,19+/m0/s1. The van der Waals surface area contributed by atoms with E-state index in [1.807, 2.05) is 0 Å². The smallest absolute Gasteiger partial charge is 0.0443 e. The summed E-state index contributed by atoms with van der Waals surface area (Å²) < 4.78 is 0. The highest BCUT2D eigenvalue weighted by atomic mass is 14.1. The lowest BCUT2D eigenvalue weighted by atomic mass is 9.92. The number of rotatable bonds is 14. The molecule has 0 radical (unpaired) electrons. The van der Waals surface area contributed by atoms with Crippen LogP contribution in [0.25, 0.3) is 0 Å². The number of hydrogen-bond donors (Lipinski definition) is 0. The largest absolute Gasteiger partial charge is 0.0654 e. The highest BCUT2D eigenvalue weighted by Crippen LogP contribution is 2.20. The van der Waals surface area contributed by atoms with Crippen LogP contribution in [0.1, 0.15) is 111 Å². The van der Waals surface area contributed by atoms with Crippen molar-refractivity contribution in [3.63, 3.8) is 0 Å². The third-order valence-electron chi connectivity index (χ3n) is 4.49. The van der Waals surface area contributed by atoms with Gasteiger partial charge in [0.15, 0.2) is 0 Å². The first kappa shape index (κ1) is 19.0.